The third-order valence-electron chi connectivity index (χ3n) is 3.00. The highest BCUT2D eigenvalue weighted by Gasteiger charge is 2.13. The van der Waals surface area contributed by atoms with Crippen LogP contribution in [0.4, 0.5) is 4.39 Å². The van der Waals surface area contributed by atoms with Gasteiger partial charge in [0, 0.05) is 0 Å². The van der Waals surface area contributed by atoms with Gasteiger partial charge >= 0.3 is 0 Å². The summed E-state index contributed by atoms with van der Waals surface area (Å²) < 4.78 is 20.8. The van der Waals surface area contributed by atoms with Crippen LogP contribution in [-0.4, -0.2) is 32.7 Å². The average molecular weight is 352 g/mol. The van der Waals surface area contributed by atoms with E-state index in [1.54, 1.807) is 39.7 Å². The van der Waals surface area contributed by atoms with Crippen molar-refractivity contribution < 1.29 is 9.13 Å². The number of fused-ring (bicyclic) bond motifs is 2. The number of alkyl halides is 1. The van der Waals surface area contributed by atoms with Crippen molar-refractivity contribution in [3.05, 3.63) is 24.4 Å². The number of benzene rings is 1. The monoisotopic (exact) mass is 352 g/mol. The van der Waals surface area contributed by atoms with E-state index in [0.29, 0.717) is 5.75 Å². The molecule has 112 valence electrons. The quantitative estimate of drug-likeness (QED) is 0.518. The van der Waals surface area contributed by atoms with E-state index in [2.05, 4.69) is 15.1 Å². The van der Waals surface area contributed by atoms with Crippen LogP contribution in [0.15, 0.2) is 28.7 Å². The zero-order valence-corrected chi connectivity index (χ0v) is 13.8. The fourth-order valence-electron chi connectivity index (χ4n) is 2.03. The standard InChI is InChI=1S/C13H9FN4OS3/c1-20-13-17-18-5-9(16-12(18)22-13)11-15-8-3-2-7(19-6-14)4-10(8)21-11/h2-5H,6H2,1H3. The third-order valence-corrected chi connectivity index (χ3v) is 5.94. The number of aromatic nitrogens is 4. The Bertz CT molecular complexity index is 929. The maximum Gasteiger partial charge on any atom is 0.228 e. The van der Waals surface area contributed by atoms with E-state index in [0.717, 1.165) is 30.2 Å². The van der Waals surface area contributed by atoms with Crippen molar-refractivity contribution in [2.24, 2.45) is 0 Å². The normalized spacial score (nSPS) is 11.5. The van der Waals surface area contributed by atoms with Gasteiger partial charge in [0.15, 0.2) is 4.34 Å². The van der Waals surface area contributed by atoms with Crippen molar-refractivity contribution in [1.82, 2.24) is 19.6 Å². The molecule has 9 heteroatoms. The molecule has 0 saturated heterocycles. The first-order valence-corrected chi connectivity index (χ1v) is 9.12. The highest BCUT2D eigenvalue weighted by Crippen LogP contribution is 2.33. The summed E-state index contributed by atoms with van der Waals surface area (Å²) in [5.74, 6) is 0.502. The van der Waals surface area contributed by atoms with E-state index in [1.165, 1.54) is 11.3 Å². The Hall–Kier alpha value is -1.71. The molecule has 0 N–H and O–H groups in total. The molecule has 0 atom stereocenters. The summed E-state index contributed by atoms with van der Waals surface area (Å²) in [6, 6.07) is 5.32. The van der Waals surface area contributed by atoms with Crippen LogP contribution in [0.2, 0.25) is 0 Å². The average Bonchev–Trinajstić information content (AvgIpc) is 3.18. The van der Waals surface area contributed by atoms with Gasteiger partial charge in [-0.05, 0) is 24.5 Å². The molecule has 0 unspecified atom stereocenters. The highest BCUT2D eigenvalue weighted by atomic mass is 32.2. The van der Waals surface area contributed by atoms with Gasteiger partial charge < -0.3 is 4.74 Å². The summed E-state index contributed by atoms with van der Waals surface area (Å²) >= 11 is 4.65. The number of halogens is 1. The largest absolute Gasteiger partial charge is 0.463 e. The molecule has 0 spiro atoms. The van der Waals surface area contributed by atoms with Crippen LogP contribution in [0.25, 0.3) is 25.9 Å². The predicted octanol–water partition coefficient (Wildman–Crippen LogP) is 4.10. The lowest BCUT2D eigenvalue weighted by molar-refractivity contribution is 0.192. The van der Waals surface area contributed by atoms with E-state index in [-0.39, 0.29) is 0 Å². The molecule has 0 aliphatic heterocycles. The van der Waals surface area contributed by atoms with E-state index < -0.39 is 6.86 Å². The van der Waals surface area contributed by atoms with Crippen LogP contribution in [0, 0.1) is 0 Å². The highest BCUT2D eigenvalue weighted by molar-refractivity contribution is 8.00. The lowest BCUT2D eigenvalue weighted by Gasteiger charge is -1.98. The van der Waals surface area contributed by atoms with Gasteiger partial charge in [-0.15, -0.1) is 16.4 Å². The van der Waals surface area contributed by atoms with Crippen LogP contribution in [0.1, 0.15) is 0 Å². The Kier molecular flexibility index (Phi) is 3.47. The molecule has 0 bridgehead atoms. The van der Waals surface area contributed by atoms with Crippen molar-refractivity contribution in [2.75, 3.05) is 13.1 Å². The second-order valence-corrected chi connectivity index (χ2v) is 7.37. The van der Waals surface area contributed by atoms with Crippen LogP contribution in [0.5, 0.6) is 5.75 Å². The number of nitrogens with zero attached hydrogens (tertiary/aromatic N) is 4. The van der Waals surface area contributed by atoms with Gasteiger partial charge in [0.2, 0.25) is 11.8 Å². The molecule has 3 heterocycles. The van der Waals surface area contributed by atoms with Gasteiger partial charge in [-0.1, -0.05) is 23.1 Å². The van der Waals surface area contributed by atoms with E-state index >= 15 is 0 Å². The molecule has 4 aromatic rings. The molecule has 22 heavy (non-hydrogen) atoms. The number of hydrogen-bond donors (Lipinski definition) is 0. The second-order valence-electron chi connectivity index (χ2n) is 4.33. The van der Waals surface area contributed by atoms with Gasteiger partial charge in [-0.2, -0.15) is 0 Å². The van der Waals surface area contributed by atoms with Gasteiger partial charge in [-0.3, -0.25) is 0 Å². The minimum absolute atomic E-state index is 0.502. The SMILES string of the molecule is CSc1nn2cc(-c3nc4ccc(OCF)cc4s3)nc2s1. The lowest BCUT2D eigenvalue weighted by Crippen LogP contribution is -1.88. The molecule has 4 rings (SSSR count). The zero-order chi connectivity index (χ0) is 15.1. The van der Waals surface area contributed by atoms with E-state index in [1.807, 2.05) is 18.5 Å². The smallest absolute Gasteiger partial charge is 0.228 e. The molecule has 0 radical (unpaired) electrons. The van der Waals surface area contributed by atoms with Crippen molar-refractivity contribution in [3.63, 3.8) is 0 Å². The number of rotatable bonds is 4. The van der Waals surface area contributed by atoms with Crippen molar-refractivity contribution in [3.8, 4) is 16.5 Å². The Balaban J connectivity index is 1.76. The van der Waals surface area contributed by atoms with E-state index in [4.69, 9.17) is 4.74 Å². The number of ether oxygens (including phenoxy) is 1. The molecule has 3 aromatic heterocycles. The predicted molar refractivity (Wildman–Crippen MR) is 87.9 cm³/mol. The first-order valence-electron chi connectivity index (χ1n) is 6.27. The Labute approximate surface area is 136 Å². The van der Waals surface area contributed by atoms with Crippen LogP contribution in [-0.2, 0) is 0 Å². The molecule has 0 fully saturated rings. The van der Waals surface area contributed by atoms with E-state index in [9.17, 15) is 4.39 Å². The Morgan fingerprint density at radius 3 is 3.00 bits per heavy atom. The number of hydrogen-bond acceptors (Lipinski definition) is 7. The van der Waals surface area contributed by atoms with Crippen molar-refractivity contribution >= 4 is 49.6 Å². The summed E-state index contributed by atoms with van der Waals surface area (Å²) in [6.07, 6.45) is 3.87. The maximum atomic E-state index is 12.2. The second kappa shape index (κ2) is 5.49. The molecular formula is C13H9FN4OS3. The number of thiazole rings is 1. The third kappa shape index (κ3) is 2.34. The first kappa shape index (κ1) is 13.9. The summed E-state index contributed by atoms with van der Waals surface area (Å²) in [6.45, 7) is -0.835. The van der Waals surface area contributed by atoms with Crippen molar-refractivity contribution in [1.29, 1.82) is 0 Å². The Morgan fingerprint density at radius 1 is 1.32 bits per heavy atom. The molecule has 5 nitrogen and oxygen atoms in total. The first-order chi connectivity index (χ1) is 10.8. The summed E-state index contributed by atoms with van der Waals surface area (Å²) in [5.41, 5.74) is 1.64. The zero-order valence-electron chi connectivity index (χ0n) is 11.3. The molecule has 0 amide bonds. The molecular weight excluding hydrogens is 343 g/mol. The minimum Gasteiger partial charge on any atom is -0.463 e. The number of thioether (sulfide) groups is 1. The van der Waals surface area contributed by atoms with Gasteiger partial charge in [0.25, 0.3) is 0 Å². The van der Waals surface area contributed by atoms with Gasteiger partial charge in [0.1, 0.15) is 16.5 Å². The minimum atomic E-state index is -0.835. The van der Waals surface area contributed by atoms with Gasteiger partial charge in [0.05, 0.1) is 16.4 Å². The lowest BCUT2D eigenvalue weighted by atomic mass is 10.3. The van der Waals surface area contributed by atoms with Crippen molar-refractivity contribution in [2.45, 2.75) is 4.34 Å². The molecule has 1 aromatic carbocycles. The van der Waals surface area contributed by atoms with Crippen LogP contribution >= 0.6 is 34.4 Å². The topological polar surface area (TPSA) is 52.3 Å². The van der Waals surface area contributed by atoms with Crippen LogP contribution < -0.4 is 4.74 Å². The molecule has 0 saturated carbocycles. The fraction of sp³-hybridized carbons (Fsp3) is 0.154. The number of imidazole rings is 1. The van der Waals surface area contributed by atoms with Gasteiger partial charge in [-0.25, -0.2) is 18.9 Å². The molecule has 0 aliphatic rings. The summed E-state index contributed by atoms with van der Waals surface area (Å²) in [4.78, 5) is 9.98. The fourth-order valence-corrected chi connectivity index (χ4v) is 4.33. The molecule has 0 aliphatic carbocycles. The summed E-state index contributed by atoms with van der Waals surface area (Å²) in [7, 11) is 0. The maximum absolute atomic E-state index is 12.2. The Morgan fingerprint density at radius 2 is 2.23 bits per heavy atom. The summed E-state index contributed by atoms with van der Waals surface area (Å²) in [5, 5.41) is 5.24. The van der Waals surface area contributed by atoms with Crippen LogP contribution in [0.3, 0.4) is 0 Å².